The summed E-state index contributed by atoms with van der Waals surface area (Å²) in [6, 6.07) is 7.22. The van der Waals surface area contributed by atoms with Crippen molar-refractivity contribution in [3.63, 3.8) is 0 Å². The van der Waals surface area contributed by atoms with Gasteiger partial charge in [0.25, 0.3) is 0 Å². The summed E-state index contributed by atoms with van der Waals surface area (Å²) < 4.78 is 0. The lowest BCUT2D eigenvalue weighted by molar-refractivity contribution is 0.812. The van der Waals surface area contributed by atoms with Gasteiger partial charge in [-0.15, -0.1) is 0 Å². The first-order chi connectivity index (χ1) is 9.40. The van der Waals surface area contributed by atoms with Crippen molar-refractivity contribution in [3.8, 4) is 0 Å². The van der Waals surface area contributed by atoms with Crippen LogP contribution in [0.2, 0.25) is 5.02 Å². The lowest BCUT2D eigenvalue weighted by Crippen LogP contribution is -2.13. The smallest absolute Gasteiger partial charge is 0.119 e. The Morgan fingerprint density at radius 2 is 2.10 bits per heavy atom. The molecular formula is C14H15ClN4S. The fraction of sp³-hybridized carbons (Fsp3) is 0.214. The van der Waals surface area contributed by atoms with Gasteiger partial charge < -0.3 is 5.73 Å². The molecular weight excluding hydrogens is 292 g/mol. The average Bonchev–Trinajstić information content (AvgIpc) is 2.37. The van der Waals surface area contributed by atoms with Crippen LogP contribution in [0.15, 0.2) is 24.3 Å². The van der Waals surface area contributed by atoms with Crippen LogP contribution in [-0.4, -0.2) is 15.1 Å². The van der Waals surface area contributed by atoms with Gasteiger partial charge in [-0.25, -0.2) is 4.98 Å². The summed E-state index contributed by atoms with van der Waals surface area (Å²) >= 11 is 7.22. The number of fused-ring (bicyclic) bond motifs is 1. The Labute approximate surface area is 126 Å². The van der Waals surface area contributed by atoms with E-state index in [0.717, 1.165) is 22.7 Å². The van der Waals surface area contributed by atoms with Crippen LogP contribution in [0.5, 0.6) is 0 Å². The van der Waals surface area contributed by atoms with Crippen LogP contribution >= 0.6 is 23.4 Å². The quantitative estimate of drug-likeness (QED) is 0.579. The number of hydrogen-bond donors (Lipinski definition) is 3. The minimum atomic E-state index is -0.243. The van der Waals surface area contributed by atoms with Gasteiger partial charge in [0.1, 0.15) is 10.7 Å². The van der Waals surface area contributed by atoms with Crippen LogP contribution in [0.4, 0.5) is 0 Å². The van der Waals surface area contributed by atoms with E-state index in [1.54, 1.807) is 13.0 Å². The van der Waals surface area contributed by atoms with Crippen LogP contribution in [0.1, 0.15) is 31.1 Å². The van der Waals surface area contributed by atoms with Crippen molar-refractivity contribution in [1.82, 2.24) is 4.98 Å². The van der Waals surface area contributed by atoms with Crippen molar-refractivity contribution in [1.29, 1.82) is 10.8 Å². The molecule has 20 heavy (non-hydrogen) atoms. The van der Waals surface area contributed by atoms with E-state index in [1.807, 2.05) is 25.1 Å². The second-order valence-corrected chi connectivity index (χ2v) is 6.15. The first kappa shape index (κ1) is 15.0. The highest BCUT2D eigenvalue weighted by Crippen LogP contribution is 2.28. The monoisotopic (exact) mass is 306 g/mol. The second-order valence-electron chi connectivity index (χ2n) is 4.51. The fourth-order valence-electron chi connectivity index (χ4n) is 1.91. The number of rotatable bonds is 2. The molecule has 0 aliphatic heterocycles. The Balaban J connectivity index is 2.67. The average molecular weight is 307 g/mol. The van der Waals surface area contributed by atoms with Crippen molar-refractivity contribution in [2.75, 3.05) is 0 Å². The van der Waals surface area contributed by atoms with Crippen molar-refractivity contribution < 1.29 is 0 Å². The maximum atomic E-state index is 8.10. The number of nitrogens with one attached hydrogen (secondary N) is 2. The Morgan fingerprint density at radius 1 is 1.40 bits per heavy atom. The van der Waals surface area contributed by atoms with Crippen molar-refractivity contribution in [3.05, 3.63) is 40.5 Å². The van der Waals surface area contributed by atoms with E-state index in [9.17, 15) is 0 Å². The summed E-state index contributed by atoms with van der Waals surface area (Å²) in [5, 5.41) is 17.6. The second kappa shape index (κ2) is 5.91. The highest BCUT2D eigenvalue weighted by molar-refractivity contribution is 8.26. The minimum Gasteiger partial charge on any atom is -0.324 e. The first-order valence-corrected chi connectivity index (χ1v) is 7.26. The summed E-state index contributed by atoms with van der Waals surface area (Å²) in [4.78, 5) is 4.49. The molecule has 0 bridgehead atoms. The van der Waals surface area contributed by atoms with Gasteiger partial charge in [0.15, 0.2) is 0 Å². The Hall–Kier alpha value is -1.43. The molecule has 2 aromatic rings. The number of thioether (sulfide) groups is 1. The lowest BCUT2D eigenvalue weighted by atomic mass is 10.0. The molecule has 2 rings (SSSR count). The van der Waals surface area contributed by atoms with Gasteiger partial charge in [-0.2, -0.15) is 0 Å². The molecule has 0 unspecified atom stereocenters. The molecule has 0 aliphatic carbocycles. The number of aromatic nitrogens is 1. The van der Waals surface area contributed by atoms with Crippen molar-refractivity contribution in [2.24, 2.45) is 5.73 Å². The third kappa shape index (κ3) is 3.00. The molecule has 104 valence electrons. The Morgan fingerprint density at radius 3 is 2.70 bits per heavy atom. The van der Waals surface area contributed by atoms with Gasteiger partial charge in [-0.05, 0) is 31.5 Å². The molecule has 0 saturated carbocycles. The number of hydrogen-bond acceptors (Lipinski definition) is 5. The summed E-state index contributed by atoms with van der Waals surface area (Å²) in [6.07, 6.45) is 0. The summed E-state index contributed by atoms with van der Waals surface area (Å²) in [7, 11) is 0. The molecule has 1 aromatic heterocycles. The van der Waals surface area contributed by atoms with Gasteiger partial charge in [0.05, 0.1) is 15.6 Å². The Kier molecular flexibility index (Phi) is 4.42. The molecule has 0 fully saturated rings. The first-order valence-electron chi connectivity index (χ1n) is 6.07. The summed E-state index contributed by atoms with van der Waals surface area (Å²) in [5.74, 6) is 0. The van der Waals surface area contributed by atoms with Crippen molar-refractivity contribution >= 4 is 44.4 Å². The molecule has 4 N–H and O–H groups in total. The van der Waals surface area contributed by atoms with Crippen molar-refractivity contribution in [2.45, 2.75) is 19.9 Å². The number of pyridine rings is 1. The maximum absolute atomic E-state index is 8.10. The maximum Gasteiger partial charge on any atom is 0.119 e. The fourth-order valence-corrected chi connectivity index (χ4v) is 2.70. The molecule has 6 heteroatoms. The van der Waals surface area contributed by atoms with Crippen LogP contribution in [-0.2, 0) is 0 Å². The SMILES string of the molecule is CC(=N)SC(=N)c1nc2c(Cl)cccc2cc1[C@H](C)N. The highest BCUT2D eigenvalue weighted by atomic mass is 35.5. The molecule has 4 nitrogen and oxygen atoms in total. The predicted molar refractivity (Wildman–Crippen MR) is 87.2 cm³/mol. The van der Waals surface area contributed by atoms with E-state index in [1.165, 1.54) is 0 Å². The molecule has 1 heterocycles. The van der Waals surface area contributed by atoms with Gasteiger partial charge in [-0.3, -0.25) is 10.8 Å². The van der Waals surface area contributed by atoms with Crippen LogP contribution in [0.3, 0.4) is 0 Å². The van der Waals surface area contributed by atoms with E-state index in [2.05, 4.69) is 4.98 Å². The number of nitrogens with zero attached hydrogens (tertiary/aromatic N) is 1. The largest absolute Gasteiger partial charge is 0.324 e. The van der Waals surface area contributed by atoms with Gasteiger partial charge in [0.2, 0.25) is 0 Å². The van der Waals surface area contributed by atoms with E-state index in [-0.39, 0.29) is 11.1 Å². The van der Waals surface area contributed by atoms with Crippen LogP contribution in [0.25, 0.3) is 10.9 Å². The number of nitrogens with two attached hydrogens (primary N) is 1. The summed E-state index contributed by atoms with van der Waals surface area (Å²) in [6.45, 7) is 3.49. The normalized spacial score (nSPS) is 12.4. The molecule has 1 atom stereocenters. The minimum absolute atomic E-state index is 0.214. The molecule has 0 spiro atoms. The van der Waals surface area contributed by atoms with E-state index in [4.69, 9.17) is 28.2 Å². The zero-order valence-electron chi connectivity index (χ0n) is 11.2. The topological polar surface area (TPSA) is 86.6 Å². The predicted octanol–water partition coefficient (Wildman–Crippen LogP) is 3.96. The van der Waals surface area contributed by atoms with E-state index in [0.29, 0.717) is 21.3 Å². The van der Waals surface area contributed by atoms with Gasteiger partial charge in [0, 0.05) is 11.4 Å². The number of halogens is 1. The molecule has 1 aromatic carbocycles. The zero-order chi connectivity index (χ0) is 14.9. The zero-order valence-corrected chi connectivity index (χ0v) is 12.8. The molecule has 0 saturated heterocycles. The van der Waals surface area contributed by atoms with Crippen LogP contribution in [0, 0.1) is 10.8 Å². The standard InChI is InChI=1S/C14H15ClN4S/c1-7(16)10-6-9-4-3-5-11(15)12(9)19-13(10)14(18)20-8(2)17/h3-7,17-18H,16H2,1-2H3/t7-/m0/s1. The highest BCUT2D eigenvalue weighted by Gasteiger charge is 2.16. The van der Waals surface area contributed by atoms with E-state index < -0.39 is 0 Å². The molecule has 0 radical (unpaired) electrons. The Bertz CT molecular complexity index is 697. The lowest BCUT2D eigenvalue weighted by Gasteiger charge is -2.14. The number of benzene rings is 1. The third-order valence-electron chi connectivity index (χ3n) is 2.79. The summed E-state index contributed by atoms with van der Waals surface area (Å²) in [5.41, 5.74) is 7.92. The van der Waals surface area contributed by atoms with Gasteiger partial charge >= 0.3 is 0 Å². The van der Waals surface area contributed by atoms with Crippen LogP contribution < -0.4 is 5.73 Å². The molecule has 0 aliphatic rings. The molecule has 0 amide bonds. The van der Waals surface area contributed by atoms with E-state index >= 15 is 0 Å². The third-order valence-corrected chi connectivity index (χ3v) is 3.80. The number of para-hydroxylation sites is 1. The van der Waals surface area contributed by atoms with Gasteiger partial charge in [-0.1, -0.05) is 35.5 Å².